The van der Waals surface area contributed by atoms with E-state index in [2.05, 4.69) is 0 Å². The number of aliphatic hydroxyl groups is 1. The summed E-state index contributed by atoms with van der Waals surface area (Å²) in [6.07, 6.45) is 2.68. The number of hydrogen-bond donors (Lipinski definition) is 1. The molecule has 10 heavy (non-hydrogen) atoms. The van der Waals surface area contributed by atoms with Crippen molar-refractivity contribution >= 4 is 6.29 Å². The highest BCUT2D eigenvalue weighted by molar-refractivity contribution is 5.69. The predicted octanol–water partition coefficient (Wildman–Crippen LogP) is 0.418. The first-order chi connectivity index (χ1) is 4.66. The summed E-state index contributed by atoms with van der Waals surface area (Å²) in [6, 6.07) is 0. The van der Waals surface area contributed by atoms with Gasteiger partial charge in [0.05, 0.1) is 4.92 Å². The highest BCUT2D eigenvalue weighted by Gasteiger charge is 1.84. The lowest BCUT2D eigenvalue weighted by atomic mass is 10.4. The van der Waals surface area contributed by atoms with E-state index in [0.717, 1.165) is 12.2 Å². The molecular formula is C5H5NO4. The second kappa shape index (κ2) is 4.25. The van der Waals surface area contributed by atoms with Crippen LogP contribution in [0.3, 0.4) is 0 Å². The average molecular weight is 143 g/mol. The number of carbonyl (C=O) groups is 1. The molecule has 5 nitrogen and oxygen atoms in total. The number of aldehydes is 1. The van der Waals surface area contributed by atoms with Gasteiger partial charge in [0, 0.05) is 6.08 Å². The second-order valence-electron chi connectivity index (χ2n) is 1.34. The smallest absolute Gasteiger partial charge is 0.234 e. The fraction of sp³-hybridized carbons (Fsp3) is 0. The molecule has 0 bridgehead atoms. The minimum Gasteiger partial charge on any atom is -0.505 e. The van der Waals surface area contributed by atoms with Gasteiger partial charge in [-0.2, -0.15) is 0 Å². The number of hydrogen-bond acceptors (Lipinski definition) is 4. The molecule has 0 amide bonds. The molecule has 0 aromatic rings. The number of carbonyl (C=O) groups excluding carboxylic acids is 1. The third-order valence-electron chi connectivity index (χ3n) is 0.596. The summed E-state index contributed by atoms with van der Waals surface area (Å²) in [7, 11) is 0. The van der Waals surface area contributed by atoms with Crippen molar-refractivity contribution in [3.05, 3.63) is 34.2 Å². The van der Waals surface area contributed by atoms with Crippen LogP contribution in [0.1, 0.15) is 0 Å². The second-order valence-corrected chi connectivity index (χ2v) is 1.34. The van der Waals surface area contributed by atoms with Crippen LogP contribution in [-0.2, 0) is 4.79 Å². The molecular weight excluding hydrogens is 138 g/mol. The molecule has 0 radical (unpaired) electrons. The zero-order valence-corrected chi connectivity index (χ0v) is 4.93. The lowest BCUT2D eigenvalue weighted by Crippen LogP contribution is -1.82. The van der Waals surface area contributed by atoms with Crippen LogP contribution in [0.25, 0.3) is 0 Å². The molecule has 0 rings (SSSR count). The first-order valence-electron chi connectivity index (χ1n) is 2.33. The SMILES string of the molecule is O=C/C(O)=C\C=C\[N+](=O)[O-]. The molecule has 0 saturated carbocycles. The molecule has 0 aromatic heterocycles. The molecule has 0 aliphatic rings. The Kier molecular flexibility index (Phi) is 3.55. The summed E-state index contributed by atoms with van der Waals surface area (Å²) in [6.45, 7) is 0. The quantitative estimate of drug-likeness (QED) is 0.155. The summed E-state index contributed by atoms with van der Waals surface area (Å²) in [5, 5.41) is 18.0. The molecule has 0 aliphatic carbocycles. The largest absolute Gasteiger partial charge is 0.505 e. The van der Waals surface area contributed by atoms with Crippen molar-refractivity contribution in [3.63, 3.8) is 0 Å². The van der Waals surface area contributed by atoms with E-state index in [4.69, 9.17) is 5.11 Å². The maximum absolute atomic E-state index is 9.66. The van der Waals surface area contributed by atoms with Gasteiger partial charge < -0.3 is 5.11 Å². The Hall–Kier alpha value is -1.65. The predicted molar refractivity (Wildman–Crippen MR) is 32.9 cm³/mol. The molecule has 0 spiro atoms. The third kappa shape index (κ3) is 4.51. The third-order valence-corrected chi connectivity index (χ3v) is 0.596. The maximum Gasteiger partial charge on any atom is 0.234 e. The first kappa shape index (κ1) is 8.35. The van der Waals surface area contributed by atoms with Gasteiger partial charge >= 0.3 is 0 Å². The summed E-state index contributed by atoms with van der Waals surface area (Å²) >= 11 is 0. The lowest BCUT2D eigenvalue weighted by molar-refractivity contribution is -0.402. The van der Waals surface area contributed by atoms with E-state index < -0.39 is 10.7 Å². The number of rotatable bonds is 3. The lowest BCUT2D eigenvalue weighted by Gasteiger charge is -1.78. The van der Waals surface area contributed by atoms with Crippen LogP contribution in [0.5, 0.6) is 0 Å². The Bertz CT molecular complexity index is 194. The Morgan fingerprint density at radius 3 is 2.60 bits per heavy atom. The van der Waals surface area contributed by atoms with E-state index in [0.29, 0.717) is 6.20 Å². The number of aliphatic hydroxyl groups excluding tert-OH is 1. The maximum atomic E-state index is 9.66. The molecule has 0 fully saturated rings. The van der Waals surface area contributed by atoms with Crippen LogP contribution in [0, 0.1) is 10.1 Å². The zero-order valence-electron chi connectivity index (χ0n) is 4.93. The van der Waals surface area contributed by atoms with Gasteiger partial charge in [0.1, 0.15) is 0 Å². The Morgan fingerprint density at radius 1 is 1.60 bits per heavy atom. The molecule has 0 aromatic carbocycles. The minimum absolute atomic E-state index is 0.185. The van der Waals surface area contributed by atoms with Crippen molar-refractivity contribution in [1.82, 2.24) is 0 Å². The molecule has 0 atom stereocenters. The van der Waals surface area contributed by atoms with Crippen LogP contribution >= 0.6 is 0 Å². The van der Waals surface area contributed by atoms with Gasteiger partial charge in [-0.1, -0.05) is 0 Å². The zero-order chi connectivity index (χ0) is 7.98. The molecule has 0 aliphatic heterocycles. The Morgan fingerprint density at radius 2 is 2.20 bits per heavy atom. The fourth-order valence-corrected chi connectivity index (χ4v) is 0.251. The van der Waals surface area contributed by atoms with E-state index in [9.17, 15) is 14.9 Å². The van der Waals surface area contributed by atoms with Crippen molar-refractivity contribution in [2.45, 2.75) is 0 Å². The van der Waals surface area contributed by atoms with Gasteiger partial charge in [0.15, 0.2) is 12.0 Å². The molecule has 0 unspecified atom stereocenters. The average Bonchev–Trinajstić information content (AvgIpc) is 1.87. The first-order valence-corrected chi connectivity index (χ1v) is 2.33. The van der Waals surface area contributed by atoms with Crippen molar-refractivity contribution in [2.24, 2.45) is 0 Å². The van der Waals surface area contributed by atoms with Crippen LogP contribution < -0.4 is 0 Å². The molecule has 5 heteroatoms. The summed E-state index contributed by atoms with van der Waals surface area (Å²) < 4.78 is 0. The van der Waals surface area contributed by atoms with Gasteiger partial charge in [-0.3, -0.25) is 14.9 Å². The summed E-state index contributed by atoms with van der Waals surface area (Å²) in [5.74, 6) is -0.543. The summed E-state index contributed by atoms with van der Waals surface area (Å²) in [5.41, 5.74) is 0. The highest BCUT2D eigenvalue weighted by atomic mass is 16.6. The minimum atomic E-state index is -0.700. The number of allylic oxidation sites excluding steroid dienone is 3. The van der Waals surface area contributed by atoms with Crippen molar-refractivity contribution in [1.29, 1.82) is 0 Å². The van der Waals surface area contributed by atoms with E-state index in [1.807, 2.05) is 0 Å². The van der Waals surface area contributed by atoms with Crippen molar-refractivity contribution in [2.75, 3.05) is 0 Å². The van der Waals surface area contributed by atoms with Gasteiger partial charge in [0.2, 0.25) is 6.20 Å². The van der Waals surface area contributed by atoms with E-state index in [1.54, 1.807) is 0 Å². The fourth-order valence-electron chi connectivity index (χ4n) is 0.251. The van der Waals surface area contributed by atoms with Crippen LogP contribution in [-0.4, -0.2) is 16.3 Å². The van der Waals surface area contributed by atoms with Gasteiger partial charge in [-0.15, -0.1) is 0 Å². The molecule has 0 heterocycles. The van der Waals surface area contributed by atoms with Gasteiger partial charge in [0.25, 0.3) is 0 Å². The molecule has 54 valence electrons. The number of nitrogens with zero attached hydrogens (tertiary/aromatic N) is 1. The van der Waals surface area contributed by atoms with Crippen LogP contribution in [0.15, 0.2) is 24.1 Å². The van der Waals surface area contributed by atoms with E-state index in [-0.39, 0.29) is 6.29 Å². The van der Waals surface area contributed by atoms with Crippen molar-refractivity contribution in [3.8, 4) is 0 Å². The van der Waals surface area contributed by atoms with E-state index in [1.165, 1.54) is 0 Å². The van der Waals surface area contributed by atoms with Crippen LogP contribution in [0.2, 0.25) is 0 Å². The van der Waals surface area contributed by atoms with Gasteiger partial charge in [-0.25, -0.2) is 0 Å². The molecule has 1 N–H and O–H groups in total. The Balaban J connectivity index is 3.93. The van der Waals surface area contributed by atoms with E-state index >= 15 is 0 Å². The monoisotopic (exact) mass is 143 g/mol. The topological polar surface area (TPSA) is 80.4 Å². The summed E-state index contributed by atoms with van der Waals surface area (Å²) in [4.78, 5) is 18.5. The Labute approximate surface area is 56.4 Å². The van der Waals surface area contributed by atoms with Gasteiger partial charge in [-0.05, 0) is 6.08 Å². The number of nitro groups is 1. The highest BCUT2D eigenvalue weighted by Crippen LogP contribution is 1.83. The van der Waals surface area contributed by atoms with Crippen molar-refractivity contribution < 1.29 is 14.8 Å². The molecule has 0 saturated heterocycles. The van der Waals surface area contributed by atoms with Crippen LogP contribution in [0.4, 0.5) is 0 Å². The standard InChI is InChI=1S/C5H5NO4/c7-4-5(8)2-1-3-6(9)10/h1-4,8H/b3-1+,5-2+. The normalized spacial score (nSPS) is 11.8.